The second-order valence-corrected chi connectivity index (χ2v) is 3.33. The summed E-state index contributed by atoms with van der Waals surface area (Å²) in [6, 6.07) is 6.26. The lowest BCUT2D eigenvalue weighted by Crippen LogP contribution is -2.13. The van der Waals surface area contributed by atoms with E-state index in [9.17, 15) is 4.79 Å². The van der Waals surface area contributed by atoms with E-state index in [1.165, 1.54) is 12.1 Å². The molecule has 0 radical (unpaired) electrons. The van der Waals surface area contributed by atoms with Gasteiger partial charge < -0.3 is 9.84 Å². The highest BCUT2D eigenvalue weighted by Crippen LogP contribution is 2.11. The Morgan fingerprint density at radius 3 is 2.79 bits per heavy atom. The summed E-state index contributed by atoms with van der Waals surface area (Å²) in [4.78, 5) is 11.5. The summed E-state index contributed by atoms with van der Waals surface area (Å²) in [7, 11) is 0. The first-order chi connectivity index (χ1) is 6.59. The van der Waals surface area contributed by atoms with Crippen LogP contribution >= 0.6 is 0 Å². The van der Waals surface area contributed by atoms with Crippen LogP contribution in [-0.2, 0) is 4.74 Å². The molecule has 0 unspecified atom stereocenters. The van der Waals surface area contributed by atoms with Gasteiger partial charge in [-0.1, -0.05) is 12.1 Å². The average molecular weight is 194 g/mol. The lowest BCUT2D eigenvalue weighted by molar-refractivity contribution is 0.0584. The largest absolute Gasteiger partial charge is 0.508 e. The van der Waals surface area contributed by atoms with E-state index in [1.54, 1.807) is 12.1 Å². The van der Waals surface area contributed by atoms with Gasteiger partial charge in [-0.15, -0.1) is 0 Å². The first-order valence-electron chi connectivity index (χ1n) is 4.53. The van der Waals surface area contributed by atoms with Crippen LogP contribution in [0.15, 0.2) is 24.3 Å². The number of rotatable bonds is 4. The second kappa shape index (κ2) is 4.77. The van der Waals surface area contributed by atoms with Crippen molar-refractivity contribution in [3.05, 3.63) is 29.8 Å². The fourth-order valence-electron chi connectivity index (χ4n) is 1.01. The SMILES string of the molecule is CC(C)OCC(=O)c1cccc(O)c1. The Hall–Kier alpha value is -1.35. The molecule has 0 amide bonds. The third kappa shape index (κ3) is 3.18. The molecular formula is C11H14O3. The molecule has 0 heterocycles. The highest BCUT2D eigenvalue weighted by molar-refractivity contribution is 5.97. The molecule has 0 aliphatic rings. The van der Waals surface area contributed by atoms with E-state index in [2.05, 4.69) is 0 Å². The monoisotopic (exact) mass is 194 g/mol. The van der Waals surface area contributed by atoms with Gasteiger partial charge in [0.05, 0.1) is 6.10 Å². The van der Waals surface area contributed by atoms with E-state index in [0.29, 0.717) is 5.56 Å². The van der Waals surface area contributed by atoms with Crippen LogP contribution in [0.1, 0.15) is 24.2 Å². The lowest BCUT2D eigenvalue weighted by Gasteiger charge is -2.06. The first kappa shape index (κ1) is 10.7. The molecule has 0 bridgehead atoms. The average Bonchev–Trinajstić information content (AvgIpc) is 2.14. The summed E-state index contributed by atoms with van der Waals surface area (Å²) in [5.74, 6) is -0.0185. The highest BCUT2D eigenvalue weighted by Gasteiger charge is 2.07. The van der Waals surface area contributed by atoms with Gasteiger partial charge in [0, 0.05) is 5.56 Å². The molecule has 1 aromatic carbocycles. The Morgan fingerprint density at radius 2 is 2.21 bits per heavy atom. The Kier molecular flexibility index (Phi) is 3.65. The smallest absolute Gasteiger partial charge is 0.188 e. The van der Waals surface area contributed by atoms with Crippen molar-refractivity contribution in [2.24, 2.45) is 0 Å². The minimum Gasteiger partial charge on any atom is -0.508 e. The fraction of sp³-hybridized carbons (Fsp3) is 0.364. The van der Waals surface area contributed by atoms with Gasteiger partial charge >= 0.3 is 0 Å². The predicted octanol–water partition coefficient (Wildman–Crippen LogP) is 2.00. The van der Waals surface area contributed by atoms with Gasteiger partial charge in [0.15, 0.2) is 5.78 Å². The number of phenolic OH excluding ortho intramolecular Hbond substituents is 1. The molecule has 1 rings (SSSR count). The van der Waals surface area contributed by atoms with E-state index in [4.69, 9.17) is 9.84 Å². The van der Waals surface area contributed by atoms with Gasteiger partial charge in [0.2, 0.25) is 0 Å². The summed E-state index contributed by atoms with van der Waals surface area (Å²) >= 11 is 0. The molecule has 0 aliphatic carbocycles. The van der Waals surface area contributed by atoms with Crippen molar-refractivity contribution in [1.29, 1.82) is 0 Å². The number of aromatic hydroxyl groups is 1. The molecule has 0 spiro atoms. The maximum atomic E-state index is 11.5. The number of benzene rings is 1. The third-order valence-electron chi connectivity index (χ3n) is 1.72. The van der Waals surface area contributed by atoms with Crippen molar-refractivity contribution in [3.8, 4) is 5.75 Å². The molecule has 0 saturated carbocycles. The molecule has 0 saturated heterocycles. The van der Waals surface area contributed by atoms with Crippen LogP contribution < -0.4 is 0 Å². The van der Waals surface area contributed by atoms with Crippen LogP contribution in [0, 0.1) is 0 Å². The minimum absolute atomic E-state index is 0.0382. The maximum absolute atomic E-state index is 11.5. The standard InChI is InChI=1S/C11H14O3/c1-8(2)14-7-11(13)9-4-3-5-10(12)6-9/h3-6,8,12H,7H2,1-2H3. The zero-order valence-corrected chi connectivity index (χ0v) is 8.36. The number of phenols is 1. The number of carbonyl (C=O) groups is 1. The van der Waals surface area contributed by atoms with E-state index in [-0.39, 0.29) is 24.2 Å². The molecule has 0 atom stereocenters. The Morgan fingerprint density at radius 1 is 1.50 bits per heavy atom. The quantitative estimate of drug-likeness (QED) is 0.746. The van der Waals surface area contributed by atoms with Gasteiger partial charge in [-0.3, -0.25) is 4.79 Å². The summed E-state index contributed by atoms with van der Waals surface area (Å²) in [6.45, 7) is 3.80. The molecule has 1 N–H and O–H groups in total. The van der Waals surface area contributed by atoms with Gasteiger partial charge in [-0.25, -0.2) is 0 Å². The number of carbonyl (C=O) groups excluding carboxylic acids is 1. The third-order valence-corrected chi connectivity index (χ3v) is 1.72. The summed E-state index contributed by atoms with van der Waals surface area (Å²) in [6.07, 6.45) is 0.0382. The maximum Gasteiger partial charge on any atom is 0.188 e. The molecule has 0 aliphatic heterocycles. The number of Topliss-reactive ketones (excluding diaryl/α,β-unsaturated/α-hetero) is 1. The van der Waals surface area contributed by atoms with E-state index < -0.39 is 0 Å². The van der Waals surface area contributed by atoms with Crippen LogP contribution in [0.3, 0.4) is 0 Å². The summed E-state index contributed by atoms with van der Waals surface area (Å²) in [5, 5.41) is 9.15. The van der Waals surface area contributed by atoms with Gasteiger partial charge in [0.25, 0.3) is 0 Å². The normalized spacial score (nSPS) is 10.5. The van der Waals surface area contributed by atoms with Crippen LogP contribution in [0.2, 0.25) is 0 Å². The van der Waals surface area contributed by atoms with E-state index >= 15 is 0 Å². The first-order valence-corrected chi connectivity index (χ1v) is 4.53. The number of hydrogen-bond acceptors (Lipinski definition) is 3. The molecule has 3 nitrogen and oxygen atoms in total. The minimum atomic E-state index is -0.116. The summed E-state index contributed by atoms with van der Waals surface area (Å²) < 4.78 is 5.17. The van der Waals surface area contributed by atoms with Crippen LogP contribution in [-0.4, -0.2) is 23.6 Å². The topological polar surface area (TPSA) is 46.5 Å². The van der Waals surface area contributed by atoms with Gasteiger partial charge in [-0.2, -0.15) is 0 Å². The van der Waals surface area contributed by atoms with Gasteiger partial charge in [-0.05, 0) is 26.0 Å². The van der Waals surface area contributed by atoms with Crippen molar-refractivity contribution in [2.75, 3.05) is 6.61 Å². The van der Waals surface area contributed by atoms with Gasteiger partial charge in [0.1, 0.15) is 12.4 Å². The number of ketones is 1. The number of hydrogen-bond donors (Lipinski definition) is 1. The van der Waals surface area contributed by atoms with Crippen LogP contribution in [0.5, 0.6) is 5.75 Å². The predicted molar refractivity (Wildman–Crippen MR) is 53.5 cm³/mol. The molecule has 0 aromatic heterocycles. The number of ether oxygens (including phenoxy) is 1. The van der Waals surface area contributed by atoms with E-state index in [1.807, 2.05) is 13.8 Å². The molecule has 3 heteroatoms. The highest BCUT2D eigenvalue weighted by atomic mass is 16.5. The summed E-state index contributed by atoms with van der Waals surface area (Å²) in [5.41, 5.74) is 0.477. The lowest BCUT2D eigenvalue weighted by atomic mass is 10.1. The zero-order chi connectivity index (χ0) is 10.6. The van der Waals surface area contributed by atoms with Crippen molar-refractivity contribution >= 4 is 5.78 Å². The molecular weight excluding hydrogens is 180 g/mol. The van der Waals surface area contributed by atoms with Crippen molar-refractivity contribution in [2.45, 2.75) is 20.0 Å². The Labute approximate surface area is 83.3 Å². The molecule has 14 heavy (non-hydrogen) atoms. The zero-order valence-electron chi connectivity index (χ0n) is 8.36. The van der Waals surface area contributed by atoms with Crippen molar-refractivity contribution in [3.63, 3.8) is 0 Å². The Bertz CT molecular complexity index is 318. The van der Waals surface area contributed by atoms with Crippen LogP contribution in [0.4, 0.5) is 0 Å². The fourth-order valence-corrected chi connectivity index (χ4v) is 1.01. The Balaban J connectivity index is 2.61. The second-order valence-electron chi connectivity index (χ2n) is 3.33. The molecule has 76 valence electrons. The molecule has 0 fully saturated rings. The van der Waals surface area contributed by atoms with E-state index in [0.717, 1.165) is 0 Å². The van der Waals surface area contributed by atoms with Crippen LogP contribution in [0.25, 0.3) is 0 Å². The van der Waals surface area contributed by atoms with Crippen molar-refractivity contribution in [1.82, 2.24) is 0 Å². The molecule has 1 aromatic rings. The van der Waals surface area contributed by atoms with Crippen molar-refractivity contribution < 1.29 is 14.6 Å².